The maximum atomic E-state index is 13.6. The van der Waals surface area contributed by atoms with Crippen LogP contribution in [0.15, 0.2) is 12.1 Å². The fraction of sp³-hybridized carbons (Fsp3) is 0.412. The number of carbonyl (C=O) groups excluding carboxylic acids is 4. The second-order valence-corrected chi connectivity index (χ2v) is 7.11. The molecule has 7 nitrogen and oxygen atoms in total. The number of hydrogen-bond acceptors (Lipinski definition) is 4. The van der Waals surface area contributed by atoms with Crippen LogP contribution < -0.4 is 0 Å². The molecule has 2 heterocycles. The lowest BCUT2D eigenvalue weighted by Crippen LogP contribution is -2.53. The third kappa shape index (κ3) is 4.06. The number of hydrogen-bond donors (Lipinski definition) is 0. The molecular weight excluding hydrogens is 400 g/mol. The molecule has 0 saturated carbocycles. The third-order valence-electron chi connectivity index (χ3n) is 4.61. The van der Waals surface area contributed by atoms with Gasteiger partial charge in [0.1, 0.15) is 12.4 Å². The van der Waals surface area contributed by atoms with E-state index in [1.54, 1.807) is 0 Å². The van der Waals surface area contributed by atoms with Gasteiger partial charge in [-0.3, -0.25) is 24.1 Å². The van der Waals surface area contributed by atoms with Crippen LogP contribution in [0.5, 0.6) is 0 Å². The van der Waals surface area contributed by atoms with E-state index in [2.05, 4.69) is 0 Å². The van der Waals surface area contributed by atoms with Gasteiger partial charge in [-0.1, -0.05) is 23.2 Å². The zero-order valence-corrected chi connectivity index (χ0v) is 15.7. The monoisotopic (exact) mass is 415 g/mol. The second kappa shape index (κ2) is 7.82. The summed E-state index contributed by atoms with van der Waals surface area (Å²) in [7, 11) is 0. The Morgan fingerprint density at radius 1 is 0.926 bits per heavy atom. The fourth-order valence-corrected chi connectivity index (χ4v) is 3.51. The number of likely N-dealkylation sites (tertiary alicyclic amines) is 1. The molecule has 144 valence electrons. The van der Waals surface area contributed by atoms with Gasteiger partial charge in [-0.05, 0) is 12.1 Å². The average molecular weight is 416 g/mol. The summed E-state index contributed by atoms with van der Waals surface area (Å²) >= 11 is 11.6. The molecule has 27 heavy (non-hydrogen) atoms. The van der Waals surface area contributed by atoms with Crippen molar-refractivity contribution in [1.29, 1.82) is 0 Å². The predicted octanol–water partition coefficient (Wildman–Crippen LogP) is 1.57. The summed E-state index contributed by atoms with van der Waals surface area (Å²) in [6.45, 7) is 0.670. The standard InChI is InChI=1S/C17H16Cl2FN3O4/c18-11-8-12(19)13(20)7-10(11)17(27)22-5-3-21(4-6-22)16(26)9-23-14(24)1-2-15(23)25/h7-8H,1-6,9H2. The summed E-state index contributed by atoms with van der Waals surface area (Å²) in [5.74, 6) is -2.23. The molecule has 2 fully saturated rings. The highest BCUT2D eigenvalue weighted by Crippen LogP contribution is 2.25. The molecule has 1 aromatic rings. The second-order valence-electron chi connectivity index (χ2n) is 6.29. The number of nitrogens with zero attached hydrogens (tertiary/aromatic N) is 3. The number of halogens is 3. The lowest BCUT2D eigenvalue weighted by molar-refractivity contribution is -0.146. The molecule has 0 bridgehead atoms. The van der Waals surface area contributed by atoms with Crippen molar-refractivity contribution in [2.75, 3.05) is 32.7 Å². The molecule has 0 radical (unpaired) electrons. The van der Waals surface area contributed by atoms with Crippen molar-refractivity contribution < 1.29 is 23.6 Å². The van der Waals surface area contributed by atoms with Gasteiger partial charge in [0.15, 0.2) is 0 Å². The quantitative estimate of drug-likeness (QED) is 0.554. The molecule has 4 amide bonds. The molecule has 2 aliphatic rings. The van der Waals surface area contributed by atoms with Crippen LogP contribution in [-0.2, 0) is 14.4 Å². The van der Waals surface area contributed by atoms with E-state index in [1.807, 2.05) is 0 Å². The van der Waals surface area contributed by atoms with Crippen LogP contribution in [0.2, 0.25) is 10.0 Å². The zero-order valence-electron chi connectivity index (χ0n) is 14.2. The van der Waals surface area contributed by atoms with Crippen LogP contribution in [0, 0.1) is 5.82 Å². The summed E-state index contributed by atoms with van der Waals surface area (Å²) in [5.41, 5.74) is 0.00611. The zero-order chi connectivity index (χ0) is 19.7. The number of imide groups is 1. The average Bonchev–Trinajstić information content (AvgIpc) is 2.96. The van der Waals surface area contributed by atoms with E-state index in [0.717, 1.165) is 11.0 Å². The van der Waals surface area contributed by atoms with Gasteiger partial charge in [0.2, 0.25) is 17.7 Å². The molecule has 2 saturated heterocycles. The van der Waals surface area contributed by atoms with Crippen molar-refractivity contribution in [3.8, 4) is 0 Å². The normalized spacial score (nSPS) is 17.7. The van der Waals surface area contributed by atoms with E-state index in [9.17, 15) is 23.6 Å². The molecule has 0 aliphatic carbocycles. The van der Waals surface area contributed by atoms with Crippen LogP contribution in [0.4, 0.5) is 4.39 Å². The van der Waals surface area contributed by atoms with E-state index < -0.39 is 11.7 Å². The van der Waals surface area contributed by atoms with Crippen LogP contribution in [0.25, 0.3) is 0 Å². The smallest absolute Gasteiger partial charge is 0.255 e. The van der Waals surface area contributed by atoms with Gasteiger partial charge in [0, 0.05) is 39.0 Å². The lowest BCUT2D eigenvalue weighted by Gasteiger charge is -2.35. The van der Waals surface area contributed by atoms with Crippen molar-refractivity contribution in [3.63, 3.8) is 0 Å². The number of carbonyl (C=O) groups is 4. The molecule has 2 aliphatic heterocycles. The Balaban J connectivity index is 1.59. The predicted molar refractivity (Wildman–Crippen MR) is 94.9 cm³/mol. The minimum Gasteiger partial charge on any atom is -0.338 e. The summed E-state index contributed by atoms with van der Waals surface area (Å²) in [5, 5.41) is -0.117. The molecule has 0 aromatic heterocycles. The Hall–Kier alpha value is -2.19. The van der Waals surface area contributed by atoms with Gasteiger partial charge in [-0.25, -0.2) is 4.39 Å². The maximum absolute atomic E-state index is 13.6. The molecule has 0 spiro atoms. The van der Waals surface area contributed by atoms with Crippen molar-refractivity contribution in [2.24, 2.45) is 0 Å². The molecular formula is C17H16Cl2FN3O4. The molecule has 10 heteroatoms. The summed E-state index contributed by atoms with van der Waals surface area (Å²) < 4.78 is 13.6. The Kier molecular flexibility index (Phi) is 5.67. The van der Waals surface area contributed by atoms with Gasteiger partial charge >= 0.3 is 0 Å². The van der Waals surface area contributed by atoms with Crippen LogP contribution >= 0.6 is 23.2 Å². The van der Waals surface area contributed by atoms with E-state index in [4.69, 9.17) is 23.2 Å². The van der Waals surface area contributed by atoms with Gasteiger partial charge in [-0.2, -0.15) is 0 Å². The molecule has 0 atom stereocenters. The first kappa shape index (κ1) is 19.6. The Bertz CT molecular complexity index is 809. The topological polar surface area (TPSA) is 78.0 Å². The molecule has 0 unspecified atom stereocenters. The first-order chi connectivity index (χ1) is 12.8. The highest BCUT2D eigenvalue weighted by Gasteiger charge is 2.33. The summed E-state index contributed by atoms with van der Waals surface area (Å²) in [6.07, 6.45) is 0.264. The van der Waals surface area contributed by atoms with Gasteiger partial charge in [-0.15, -0.1) is 0 Å². The summed E-state index contributed by atoms with van der Waals surface area (Å²) in [4.78, 5) is 52.0. The first-order valence-electron chi connectivity index (χ1n) is 8.32. The number of piperazine rings is 1. The molecule has 1 aromatic carbocycles. The minimum absolute atomic E-state index is 0.00611. The fourth-order valence-electron chi connectivity index (χ4n) is 3.05. The van der Waals surface area contributed by atoms with E-state index in [0.29, 0.717) is 0 Å². The van der Waals surface area contributed by atoms with Crippen molar-refractivity contribution in [3.05, 3.63) is 33.6 Å². The number of amides is 4. The van der Waals surface area contributed by atoms with Crippen molar-refractivity contribution >= 4 is 46.8 Å². The highest BCUT2D eigenvalue weighted by molar-refractivity contribution is 6.36. The maximum Gasteiger partial charge on any atom is 0.255 e. The van der Waals surface area contributed by atoms with Gasteiger partial charge < -0.3 is 9.80 Å². The first-order valence-corrected chi connectivity index (χ1v) is 9.08. The van der Waals surface area contributed by atoms with E-state index in [1.165, 1.54) is 15.9 Å². The van der Waals surface area contributed by atoms with Crippen LogP contribution in [-0.4, -0.2) is 71.1 Å². The lowest BCUT2D eigenvalue weighted by atomic mass is 10.1. The Morgan fingerprint density at radius 2 is 1.48 bits per heavy atom. The van der Waals surface area contributed by atoms with Crippen LogP contribution in [0.3, 0.4) is 0 Å². The van der Waals surface area contributed by atoms with E-state index >= 15 is 0 Å². The molecule has 0 N–H and O–H groups in total. The van der Waals surface area contributed by atoms with Crippen molar-refractivity contribution in [2.45, 2.75) is 12.8 Å². The Labute approximate surface area is 164 Å². The molecule has 3 rings (SSSR count). The minimum atomic E-state index is -0.738. The number of benzene rings is 1. The Morgan fingerprint density at radius 3 is 2.07 bits per heavy atom. The third-order valence-corrected chi connectivity index (χ3v) is 5.21. The highest BCUT2D eigenvalue weighted by atomic mass is 35.5. The largest absolute Gasteiger partial charge is 0.338 e. The van der Waals surface area contributed by atoms with Crippen LogP contribution in [0.1, 0.15) is 23.2 Å². The summed E-state index contributed by atoms with van der Waals surface area (Å²) in [6, 6.07) is 2.17. The van der Waals surface area contributed by atoms with Crippen molar-refractivity contribution in [1.82, 2.24) is 14.7 Å². The van der Waals surface area contributed by atoms with E-state index in [-0.39, 0.29) is 78.9 Å². The SMILES string of the molecule is O=C(CN1C(=O)CCC1=O)N1CCN(C(=O)c2cc(F)c(Cl)cc2Cl)CC1. The van der Waals surface area contributed by atoms with Gasteiger partial charge in [0.05, 0.1) is 15.6 Å². The number of rotatable bonds is 3. The van der Waals surface area contributed by atoms with Gasteiger partial charge in [0.25, 0.3) is 5.91 Å².